The van der Waals surface area contributed by atoms with Gasteiger partial charge in [-0.25, -0.2) is 4.39 Å². The van der Waals surface area contributed by atoms with Gasteiger partial charge in [0, 0.05) is 0 Å². The van der Waals surface area contributed by atoms with Crippen molar-refractivity contribution in [3.63, 3.8) is 0 Å². The molecule has 0 aliphatic carbocycles. The highest BCUT2D eigenvalue weighted by Gasteiger charge is 2.30. The molecule has 0 saturated heterocycles. The van der Waals surface area contributed by atoms with Gasteiger partial charge in [-0.2, -0.15) is 0 Å². The van der Waals surface area contributed by atoms with Crippen molar-refractivity contribution in [3.8, 4) is 0 Å². The molecule has 1 heteroatoms. The van der Waals surface area contributed by atoms with Crippen LogP contribution in [0.4, 0.5) is 4.39 Å². The van der Waals surface area contributed by atoms with E-state index in [4.69, 9.17) is 0 Å². The van der Waals surface area contributed by atoms with E-state index >= 15 is 4.39 Å². The van der Waals surface area contributed by atoms with E-state index in [2.05, 4.69) is 13.8 Å². The van der Waals surface area contributed by atoms with Gasteiger partial charge in [0.1, 0.15) is 5.67 Å². The third-order valence-electron chi connectivity index (χ3n) is 8.14. The number of alkyl halides is 1. The lowest BCUT2D eigenvalue weighted by Gasteiger charge is -2.26. The smallest absolute Gasteiger partial charge is 0.136 e. The van der Waals surface area contributed by atoms with Gasteiger partial charge in [0.25, 0.3) is 0 Å². The summed E-state index contributed by atoms with van der Waals surface area (Å²) in [6.07, 6.45) is 33.4. The number of benzene rings is 1. The fourth-order valence-electron chi connectivity index (χ4n) is 5.64. The second kappa shape index (κ2) is 24.5. The molecule has 0 radical (unpaired) electrons. The van der Waals surface area contributed by atoms with Crippen molar-refractivity contribution in [2.75, 3.05) is 0 Å². The third kappa shape index (κ3) is 18.4. The van der Waals surface area contributed by atoms with Gasteiger partial charge in [-0.15, -0.1) is 0 Å². The summed E-state index contributed by atoms with van der Waals surface area (Å²) in [4.78, 5) is 0. The Labute approximate surface area is 226 Å². The first kappa shape index (κ1) is 33.2. The van der Waals surface area contributed by atoms with Crippen molar-refractivity contribution in [1.82, 2.24) is 0 Å². The molecule has 0 heterocycles. The molecule has 1 atom stereocenters. The summed E-state index contributed by atoms with van der Waals surface area (Å²) in [6.45, 7) is 4.56. The van der Waals surface area contributed by atoms with Gasteiger partial charge in [0.2, 0.25) is 0 Å². The lowest BCUT2D eigenvalue weighted by molar-refractivity contribution is 0.127. The first-order chi connectivity index (χ1) is 17.7. The molecule has 0 fully saturated rings. The molecule has 1 aromatic rings. The van der Waals surface area contributed by atoms with Crippen LogP contribution in [-0.4, -0.2) is 0 Å². The molecule has 0 N–H and O–H groups in total. The number of halogens is 1. The molecule has 0 amide bonds. The quantitative estimate of drug-likeness (QED) is 0.105. The highest BCUT2D eigenvalue weighted by molar-refractivity contribution is 5.22. The van der Waals surface area contributed by atoms with Crippen molar-refractivity contribution in [2.45, 2.75) is 186 Å². The standard InChI is InChI=1S/C35H63F/c1-3-5-7-9-11-13-14-15-16-17-18-20-22-24-29-33-35(36,34-30-26-25-27-31-34)32-28-23-21-19-12-10-8-6-4-2/h25-27,30-31H,3-24,28-29,32-33H2,1-2H3. The van der Waals surface area contributed by atoms with Gasteiger partial charge in [-0.1, -0.05) is 185 Å². The molecular weight excluding hydrogens is 439 g/mol. The number of hydrogen-bond acceptors (Lipinski definition) is 0. The topological polar surface area (TPSA) is 0 Å². The molecule has 36 heavy (non-hydrogen) atoms. The maximum Gasteiger partial charge on any atom is 0.136 e. The third-order valence-corrected chi connectivity index (χ3v) is 8.14. The van der Waals surface area contributed by atoms with Crippen LogP contribution in [0.15, 0.2) is 30.3 Å². The maximum atomic E-state index is 16.1. The van der Waals surface area contributed by atoms with E-state index in [1.807, 2.05) is 30.3 Å². The SMILES string of the molecule is CCCCCCCCCCCCCCCCCC(F)(CCCCCCCCCCC)c1ccccc1. The summed E-state index contributed by atoms with van der Waals surface area (Å²) >= 11 is 0. The Kier molecular flexibility index (Phi) is 22.6. The summed E-state index contributed by atoms with van der Waals surface area (Å²) in [5, 5.41) is 0. The highest BCUT2D eigenvalue weighted by atomic mass is 19.1. The van der Waals surface area contributed by atoms with Crippen LogP contribution in [0.3, 0.4) is 0 Å². The zero-order chi connectivity index (χ0) is 26.0. The molecule has 1 aromatic carbocycles. The van der Waals surface area contributed by atoms with Gasteiger partial charge in [0.15, 0.2) is 0 Å². The van der Waals surface area contributed by atoms with E-state index in [-0.39, 0.29) is 0 Å². The zero-order valence-electron chi connectivity index (χ0n) is 24.6. The summed E-state index contributed by atoms with van der Waals surface area (Å²) < 4.78 is 16.1. The molecular formula is C35H63F. The van der Waals surface area contributed by atoms with E-state index in [9.17, 15) is 0 Å². The Morgan fingerprint density at radius 1 is 0.417 bits per heavy atom. The monoisotopic (exact) mass is 502 g/mol. The largest absolute Gasteiger partial charge is 0.239 e. The van der Waals surface area contributed by atoms with Crippen LogP contribution in [0.2, 0.25) is 0 Å². The number of rotatable bonds is 27. The highest BCUT2D eigenvalue weighted by Crippen LogP contribution is 2.37. The molecule has 210 valence electrons. The minimum Gasteiger partial charge on any atom is -0.239 e. The Bertz CT molecular complexity index is 553. The minimum absolute atomic E-state index is 0.700. The van der Waals surface area contributed by atoms with Crippen LogP contribution in [0.25, 0.3) is 0 Å². The Morgan fingerprint density at radius 2 is 0.694 bits per heavy atom. The predicted molar refractivity (Wildman–Crippen MR) is 161 cm³/mol. The van der Waals surface area contributed by atoms with Gasteiger partial charge < -0.3 is 0 Å². The average molecular weight is 503 g/mol. The first-order valence-corrected chi connectivity index (χ1v) is 16.5. The summed E-state index contributed by atoms with van der Waals surface area (Å²) in [6, 6.07) is 10.0. The van der Waals surface area contributed by atoms with Crippen molar-refractivity contribution in [3.05, 3.63) is 35.9 Å². The molecule has 0 aliphatic heterocycles. The lowest BCUT2D eigenvalue weighted by Crippen LogP contribution is -2.20. The molecule has 0 aliphatic rings. The van der Waals surface area contributed by atoms with E-state index in [1.54, 1.807) is 0 Å². The Balaban J connectivity index is 2.10. The second-order valence-electron chi connectivity index (χ2n) is 11.6. The van der Waals surface area contributed by atoms with Crippen LogP contribution in [0, 0.1) is 0 Å². The van der Waals surface area contributed by atoms with Crippen LogP contribution in [0.1, 0.15) is 186 Å². The number of unbranched alkanes of at least 4 members (excludes halogenated alkanes) is 22. The maximum absolute atomic E-state index is 16.1. The molecule has 0 spiro atoms. The minimum atomic E-state index is -1.13. The van der Waals surface area contributed by atoms with Crippen molar-refractivity contribution < 1.29 is 4.39 Å². The molecule has 1 rings (SSSR count). The summed E-state index contributed by atoms with van der Waals surface area (Å²) in [7, 11) is 0. The van der Waals surface area contributed by atoms with E-state index in [0.29, 0.717) is 12.8 Å². The fourth-order valence-corrected chi connectivity index (χ4v) is 5.64. The fraction of sp³-hybridized carbons (Fsp3) is 0.829. The average Bonchev–Trinajstić information content (AvgIpc) is 2.90. The van der Waals surface area contributed by atoms with Crippen LogP contribution in [0.5, 0.6) is 0 Å². The second-order valence-corrected chi connectivity index (χ2v) is 11.6. The van der Waals surface area contributed by atoms with E-state index in [0.717, 1.165) is 18.4 Å². The van der Waals surface area contributed by atoms with Crippen molar-refractivity contribution >= 4 is 0 Å². The van der Waals surface area contributed by atoms with Gasteiger partial charge in [-0.05, 0) is 31.2 Å². The van der Waals surface area contributed by atoms with Crippen molar-refractivity contribution in [1.29, 1.82) is 0 Å². The lowest BCUT2D eigenvalue weighted by atomic mass is 9.85. The predicted octanol–water partition coefficient (Wildman–Crippen LogP) is 13.0. The Morgan fingerprint density at radius 3 is 1.00 bits per heavy atom. The first-order valence-electron chi connectivity index (χ1n) is 16.5. The van der Waals surface area contributed by atoms with Crippen LogP contribution >= 0.6 is 0 Å². The molecule has 0 saturated carbocycles. The van der Waals surface area contributed by atoms with Crippen LogP contribution < -0.4 is 0 Å². The number of hydrogen-bond donors (Lipinski definition) is 0. The van der Waals surface area contributed by atoms with E-state index < -0.39 is 5.67 Å². The zero-order valence-corrected chi connectivity index (χ0v) is 24.6. The summed E-state index contributed by atoms with van der Waals surface area (Å²) in [5.74, 6) is 0. The van der Waals surface area contributed by atoms with Crippen LogP contribution in [-0.2, 0) is 5.67 Å². The molecule has 0 bridgehead atoms. The molecule has 1 unspecified atom stereocenters. The Hall–Kier alpha value is -0.850. The van der Waals surface area contributed by atoms with Gasteiger partial charge in [0.05, 0.1) is 0 Å². The molecule has 0 nitrogen and oxygen atoms in total. The van der Waals surface area contributed by atoms with E-state index in [1.165, 1.54) is 141 Å². The van der Waals surface area contributed by atoms with Gasteiger partial charge in [-0.3, -0.25) is 0 Å². The van der Waals surface area contributed by atoms with Crippen molar-refractivity contribution in [2.24, 2.45) is 0 Å². The summed E-state index contributed by atoms with van der Waals surface area (Å²) in [5.41, 5.74) is -0.214. The molecule has 0 aromatic heterocycles. The normalized spacial score (nSPS) is 13.2. The van der Waals surface area contributed by atoms with Gasteiger partial charge >= 0.3 is 0 Å².